The highest BCUT2D eigenvalue weighted by atomic mass is 32.2. The first-order valence-corrected chi connectivity index (χ1v) is 14.2. The molecule has 3 rings (SSSR count). The van der Waals surface area contributed by atoms with E-state index in [9.17, 15) is 13.2 Å². The average Bonchev–Trinajstić information content (AvgIpc) is 3.17. The van der Waals surface area contributed by atoms with Crippen molar-refractivity contribution in [3.63, 3.8) is 0 Å². The summed E-state index contributed by atoms with van der Waals surface area (Å²) in [5.41, 5.74) is 0.872. The molecule has 0 saturated carbocycles. The van der Waals surface area contributed by atoms with Crippen LogP contribution in [0.4, 0.5) is 5.13 Å². The number of anilines is 1. The lowest BCUT2D eigenvalue weighted by Crippen LogP contribution is -2.45. The summed E-state index contributed by atoms with van der Waals surface area (Å²) in [7, 11) is -3.81. The number of thiazole rings is 1. The second-order valence-electron chi connectivity index (χ2n) is 7.85. The summed E-state index contributed by atoms with van der Waals surface area (Å²) in [5.74, 6) is 0.236. The van der Waals surface area contributed by atoms with Crippen LogP contribution in [-0.4, -0.2) is 67.6 Å². The maximum Gasteiger partial charge on any atom is 0.244 e. The molecule has 2 heterocycles. The summed E-state index contributed by atoms with van der Waals surface area (Å²) in [6.07, 6.45) is 2.64. The number of hydrogen-bond acceptors (Lipinski definition) is 8. The van der Waals surface area contributed by atoms with Gasteiger partial charge in [-0.3, -0.25) is 9.69 Å². The van der Waals surface area contributed by atoms with Crippen molar-refractivity contribution in [2.24, 2.45) is 0 Å². The highest BCUT2D eigenvalue weighted by Gasteiger charge is 2.27. The maximum absolute atomic E-state index is 12.9. The molecule has 0 spiro atoms. The van der Waals surface area contributed by atoms with Crippen LogP contribution in [0.3, 0.4) is 0 Å². The SMILES string of the molecule is CSCCC(NS(=O)(=O)c1ccccc1)C(=O)Nc1nc(CN2CC(C)OC(C)C2)cs1. The van der Waals surface area contributed by atoms with Crippen molar-refractivity contribution in [2.45, 2.75) is 50.0 Å². The highest BCUT2D eigenvalue weighted by molar-refractivity contribution is 7.98. The predicted octanol–water partition coefficient (Wildman–Crippen LogP) is 2.79. The van der Waals surface area contributed by atoms with Gasteiger partial charge < -0.3 is 10.1 Å². The third kappa shape index (κ3) is 7.26. The Bertz CT molecular complexity index is 974. The molecule has 32 heavy (non-hydrogen) atoms. The van der Waals surface area contributed by atoms with E-state index in [0.717, 1.165) is 18.8 Å². The first-order chi connectivity index (χ1) is 15.3. The zero-order valence-electron chi connectivity index (χ0n) is 18.5. The number of aromatic nitrogens is 1. The van der Waals surface area contributed by atoms with Crippen molar-refractivity contribution in [1.29, 1.82) is 0 Å². The lowest BCUT2D eigenvalue weighted by atomic mass is 10.2. The van der Waals surface area contributed by atoms with Crippen molar-refractivity contribution in [1.82, 2.24) is 14.6 Å². The van der Waals surface area contributed by atoms with Crippen LogP contribution in [0.1, 0.15) is 26.0 Å². The van der Waals surface area contributed by atoms with Gasteiger partial charge in [0.15, 0.2) is 5.13 Å². The molecule has 0 bridgehead atoms. The fourth-order valence-corrected chi connectivity index (χ4v) is 6.03. The van der Waals surface area contributed by atoms with Gasteiger partial charge in [0, 0.05) is 25.0 Å². The van der Waals surface area contributed by atoms with E-state index in [1.165, 1.54) is 23.5 Å². The monoisotopic (exact) mass is 498 g/mol. The second kappa shape index (κ2) is 11.6. The summed E-state index contributed by atoms with van der Waals surface area (Å²) >= 11 is 2.90. The van der Waals surface area contributed by atoms with Crippen LogP contribution in [0.5, 0.6) is 0 Å². The van der Waals surface area contributed by atoms with E-state index in [1.807, 2.05) is 11.6 Å². The predicted molar refractivity (Wildman–Crippen MR) is 130 cm³/mol. The van der Waals surface area contributed by atoms with Gasteiger partial charge in [-0.05, 0) is 44.4 Å². The van der Waals surface area contributed by atoms with Crippen molar-refractivity contribution >= 4 is 44.2 Å². The Hall–Kier alpha value is -1.50. The van der Waals surface area contributed by atoms with Crippen LogP contribution in [0.15, 0.2) is 40.6 Å². The Morgan fingerprint density at radius 1 is 1.28 bits per heavy atom. The van der Waals surface area contributed by atoms with Crippen LogP contribution in [-0.2, 0) is 26.1 Å². The minimum atomic E-state index is -3.81. The number of nitrogens with zero attached hydrogens (tertiary/aromatic N) is 2. The molecule has 1 aliphatic rings. The number of rotatable bonds is 10. The van der Waals surface area contributed by atoms with Crippen molar-refractivity contribution in [3.8, 4) is 0 Å². The smallest absolute Gasteiger partial charge is 0.244 e. The summed E-state index contributed by atoms with van der Waals surface area (Å²) < 4.78 is 33.7. The summed E-state index contributed by atoms with van der Waals surface area (Å²) in [4.78, 5) is 19.9. The lowest BCUT2D eigenvalue weighted by Gasteiger charge is -2.34. The molecule has 3 atom stereocenters. The quantitative estimate of drug-likeness (QED) is 0.519. The molecule has 11 heteroatoms. The lowest BCUT2D eigenvalue weighted by molar-refractivity contribution is -0.117. The first-order valence-electron chi connectivity index (χ1n) is 10.5. The van der Waals surface area contributed by atoms with E-state index in [1.54, 1.807) is 30.0 Å². The van der Waals surface area contributed by atoms with Gasteiger partial charge in [0.2, 0.25) is 15.9 Å². The average molecular weight is 499 g/mol. The van der Waals surface area contributed by atoms with Crippen molar-refractivity contribution < 1.29 is 17.9 Å². The summed E-state index contributed by atoms with van der Waals surface area (Å²) in [6.45, 7) is 6.46. The summed E-state index contributed by atoms with van der Waals surface area (Å²) in [6, 6.07) is 7.17. The Labute approximate surface area is 198 Å². The topological polar surface area (TPSA) is 101 Å². The van der Waals surface area contributed by atoms with Gasteiger partial charge >= 0.3 is 0 Å². The largest absolute Gasteiger partial charge is 0.373 e. The van der Waals surface area contributed by atoms with E-state index >= 15 is 0 Å². The number of ether oxygens (including phenoxy) is 1. The van der Waals surface area contributed by atoms with Crippen LogP contribution < -0.4 is 10.0 Å². The van der Waals surface area contributed by atoms with Crippen molar-refractivity contribution in [3.05, 3.63) is 41.4 Å². The molecule has 0 aliphatic carbocycles. The molecule has 1 saturated heterocycles. The van der Waals surface area contributed by atoms with E-state index in [0.29, 0.717) is 23.8 Å². The Morgan fingerprint density at radius 2 is 1.97 bits per heavy atom. The zero-order valence-corrected chi connectivity index (χ0v) is 20.9. The molecule has 1 amide bonds. The number of carbonyl (C=O) groups is 1. The van der Waals surface area contributed by atoms with Gasteiger partial charge in [0.1, 0.15) is 6.04 Å². The van der Waals surface area contributed by atoms with Gasteiger partial charge in [-0.25, -0.2) is 13.4 Å². The summed E-state index contributed by atoms with van der Waals surface area (Å²) in [5, 5.41) is 5.18. The van der Waals surface area contributed by atoms with Gasteiger partial charge in [0.25, 0.3) is 0 Å². The first kappa shape index (κ1) is 25.1. The number of carbonyl (C=O) groups excluding carboxylic acids is 1. The third-order valence-corrected chi connectivity index (χ3v) is 7.88. The van der Waals surface area contributed by atoms with Crippen LogP contribution in [0, 0.1) is 0 Å². The normalized spacial score (nSPS) is 20.7. The fraction of sp³-hybridized carbons (Fsp3) is 0.524. The third-order valence-electron chi connectivity index (χ3n) is 4.94. The van der Waals surface area contributed by atoms with E-state index in [-0.39, 0.29) is 17.1 Å². The minimum Gasteiger partial charge on any atom is -0.373 e. The molecule has 176 valence electrons. The minimum absolute atomic E-state index is 0.132. The van der Waals surface area contributed by atoms with Gasteiger partial charge in [-0.1, -0.05) is 18.2 Å². The Morgan fingerprint density at radius 3 is 2.62 bits per heavy atom. The molecule has 1 aliphatic heterocycles. The number of benzene rings is 1. The van der Waals surface area contributed by atoms with Crippen LogP contribution >= 0.6 is 23.1 Å². The number of thioether (sulfide) groups is 1. The Balaban J connectivity index is 1.63. The number of hydrogen-bond donors (Lipinski definition) is 2. The van der Waals surface area contributed by atoms with Gasteiger partial charge in [-0.2, -0.15) is 16.5 Å². The second-order valence-corrected chi connectivity index (χ2v) is 11.4. The molecular weight excluding hydrogens is 468 g/mol. The number of nitrogens with one attached hydrogen (secondary N) is 2. The van der Waals surface area contributed by atoms with Crippen LogP contribution in [0.25, 0.3) is 0 Å². The van der Waals surface area contributed by atoms with Crippen molar-refractivity contribution in [2.75, 3.05) is 30.4 Å². The Kier molecular flexibility index (Phi) is 9.09. The van der Waals surface area contributed by atoms with E-state index in [4.69, 9.17) is 4.74 Å². The molecule has 1 aromatic heterocycles. The van der Waals surface area contributed by atoms with E-state index in [2.05, 4.69) is 33.8 Å². The molecular formula is C21H30N4O4S3. The molecule has 0 radical (unpaired) electrons. The maximum atomic E-state index is 12.9. The standard InChI is InChI=1S/C21H30N4O4S3/c1-15-11-25(12-16(2)29-15)13-17-14-31-21(22-17)23-20(26)19(9-10-30-3)24-32(27,28)18-7-5-4-6-8-18/h4-8,14-16,19,24H,9-13H2,1-3H3,(H,22,23,26). The molecule has 1 fully saturated rings. The van der Waals surface area contributed by atoms with Crippen LogP contribution in [0.2, 0.25) is 0 Å². The van der Waals surface area contributed by atoms with E-state index < -0.39 is 22.0 Å². The number of sulfonamides is 1. The molecule has 1 aromatic carbocycles. The molecule has 2 N–H and O–H groups in total. The molecule has 3 unspecified atom stereocenters. The molecule has 8 nitrogen and oxygen atoms in total. The van der Waals surface area contributed by atoms with Gasteiger partial charge in [-0.15, -0.1) is 11.3 Å². The zero-order chi connectivity index (χ0) is 23.1. The number of morpholine rings is 1. The molecule has 2 aromatic rings. The highest BCUT2D eigenvalue weighted by Crippen LogP contribution is 2.20. The van der Waals surface area contributed by atoms with Gasteiger partial charge in [0.05, 0.1) is 22.8 Å². The fourth-order valence-electron chi connectivity index (χ4n) is 3.61. The number of amides is 1.